The maximum absolute atomic E-state index is 11.8. The van der Waals surface area contributed by atoms with Crippen molar-refractivity contribution in [2.24, 2.45) is 0 Å². The molecule has 1 atom stereocenters. The number of sulfonamides is 1. The second kappa shape index (κ2) is 8.24. The minimum absolute atomic E-state index is 0.121. The van der Waals surface area contributed by atoms with E-state index in [1.165, 1.54) is 19.9 Å². The standard InChI is InChI=1S/C15H27N3O2S/c1-4-6-8-12(7-5-2)18-13-9-10-15(14(16)11-13)21(19,20)17-3/h9-12,17-18H,4-8,16H2,1-3H3. The Morgan fingerprint density at radius 2 is 1.90 bits per heavy atom. The summed E-state index contributed by atoms with van der Waals surface area (Å²) in [6.45, 7) is 4.34. The molecular weight excluding hydrogens is 286 g/mol. The molecule has 0 saturated heterocycles. The summed E-state index contributed by atoms with van der Waals surface area (Å²) in [4.78, 5) is 0.121. The Kier molecular flexibility index (Phi) is 6.98. The molecule has 0 heterocycles. The first-order valence-corrected chi connectivity index (χ1v) is 9.02. The van der Waals surface area contributed by atoms with E-state index in [0.29, 0.717) is 6.04 Å². The number of hydrogen-bond acceptors (Lipinski definition) is 4. The summed E-state index contributed by atoms with van der Waals surface area (Å²) in [7, 11) is -2.12. The highest BCUT2D eigenvalue weighted by molar-refractivity contribution is 7.89. The SMILES string of the molecule is CCCCC(CCC)Nc1ccc(S(=O)(=O)NC)c(N)c1. The second-order valence-electron chi connectivity index (χ2n) is 5.23. The van der Waals surface area contributed by atoms with Crippen molar-refractivity contribution in [1.29, 1.82) is 0 Å². The van der Waals surface area contributed by atoms with Gasteiger partial charge in [-0.3, -0.25) is 0 Å². The lowest BCUT2D eigenvalue weighted by atomic mass is 10.0. The fourth-order valence-electron chi connectivity index (χ4n) is 2.32. The largest absolute Gasteiger partial charge is 0.398 e. The van der Waals surface area contributed by atoms with Gasteiger partial charge in [0.15, 0.2) is 0 Å². The third-order valence-electron chi connectivity index (χ3n) is 3.48. The van der Waals surface area contributed by atoms with Crippen LogP contribution >= 0.6 is 0 Å². The zero-order valence-corrected chi connectivity index (χ0v) is 14.0. The van der Waals surface area contributed by atoms with Gasteiger partial charge >= 0.3 is 0 Å². The van der Waals surface area contributed by atoms with Crippen LogP contribution in [0.15, 0.2) is 23.1 Å². The third kappa shape index (κ3) is 5.21. The van der Waals surface area contributed by atoms with E-state index in [1.54, 1.807) is 18.2 Å². The molecule has 0 bridgehead atoms. The predicted octanol–water partition coefficient (Wildman–Crippen LogP) is 2.95. The number of rotatable bonds is 9. The first kappa shape index (κ1) is 17.8. The smallest absolute Gasteiger partial charge is 0.242 e. The summed E-state index contributed by atoms with van der Waals surface area (Å²) in [5.41, 5.74) is 7.01. The molecule has 6 heteroatoms. The lowest BCUT2D eigenvalue weighted by Crippen LogP contribution is -2.21. The van der Waals surface area contributed by atoms with Gasteiger partial charge in [0.05, 0.1) is 5.69 Å². The average Bonchev–Trinajstić information content (AvgIpc) is 2.44. The zero-order valence-electron chi connectivity index (χ0n) is 13.1. The zero-order chi connectivity index (χ0) is 15.9. The second-order valence-corrected chi connectivity index (χ2v) is 7.09. The van der Waals surface area contributed by atoms with Crippen LogP contribution in [0.2, 0.25) is 0 Å². The van der Waals surface area contributed by atoms with Gasteiger partial charge in [-0.2, -0.15) is 0 Å². The van der Waals surface area contributed by atoms with E-state index in [2.05, 4.69) is 23.9 Å². The van der Waals surface area contributed by atoms with Crippen molar-refractivity contribution >= 4 is 21.4 Å². The van der Waals surface area contributed by atoms with E-state index >= 15 is 0 Å². The molecule has 0 aliphatic carbocycles. The van der Waals surface area contributed by atoms with Crippen molar-refractivity contribution in [3.8, 4) is 0 Å². The van der Waals surface area contributed by atoms with Crippen LogP contribution < -0.4 is 15.8 Å². The Morgan fingerprint density at radius 1 is 1.19 bits per heavy atom. The van der Waals surface area contributed by atoms with Gasteiger partial charge in [-0.15, -0.1) is 0 Å². The van der Waals surface area contributed by atoms with Gasteiger partial charge in [0.1, 0.15) is 4.90 Å². The number of hydrogen-bond donors (Lipinski definition) is 3. The molecule has 0 fully saturated rings. The molecule has 1 aromatic carbocycles. The molecule has 4 N–H and O–H groups in total. The van der Waals surface area contributed by atoms with Crippen molar-refractivity contribution in [3.05, 3.63) is 18.2 Å². The number of nitrogen functional groups attached to an aromatic ring is 1. The predicted molar refractivity (Wildman–Crippen MR) is 88.9 cm³/mol. The Hall–Kier alpha value is -1.27. The molecule has 21 heavy (non-hydrogen) atoms. The minimum Gasteiger partial charge on any atom is -0.398 e. The Labute approximate surface area is 128 Å². The molecule has 0 aliphatic heterocycles. The number of nitrogens with two attached hydrogens (primary N) is 1. The highest BCUT2D eigenvalue weighted by Gasteiger charge is 2.16. The first-order chi connectivity index (χ1) is 9.94. The monoisotopic (exact) mass is 313 g/mol. The summed E-state index contributed by atoms with van der Waals surface area (Å²) >= 11 is 0. The molecule has 0 spiro atoms. The molecule has 5 nitrogen and oxygen atoms in total. The van der Waals surface area contributed by atoms with E-state index < -0.39 is 10.0 Å². The Bertz CT molecular complexity index is 544. The van der Waals surface area contributed by atoms with E-state index in [4.69, 9.17) is 5.73 Å². The average molecular weight is 313 g/mol. The van der Waals surface area contributed by atoms with Crippen LogP contribution in [0.25, 0.3) is 0 Å². The Balaban J connectivity index is 2.87. The van der Waals surface area contributed by atoms with Gasteiger partial charge in [-0.1, -0.05) is 33.1 Å². The summed E-state index contributed by atoms with van der Waals surface area (Å²) in [6.07, 6.45) is 5.67. The van der Waals surface area contributed by atoms with Crippen LogP contribution in [0.1, 0.15) is 46.0 Å². The molecule has 0 amide bonds. The normalized spacial score (nSPS) is 13.1. The molecule has 0 saturated carbocycles. The molecule has 0 aromatic heterocycles. The highest BCUT2D eigenvalue weighted by Crippen LogP contribution is 2.24. The van der Waals surface area contributed by atoms with Crippen LogP contribution in [0.3, 0.4) is 0 Å². The van der Waals surface area contributed by atoms with E-state index in [0.717, 1.165) is 24.9 Å². The third-order valence-corrected chi connectivity index (χ3v) is 4.97. The van der Waals surface area contributed by atoms with Crippen LogP contribution in [0, 0.1) is 0 Å². The van der Waals surface area contributed by atoms with E-state index in [-0.39, 0.29) is 10.6 Å². The van der Waals surface area contributed by atoms with E-state index in [9.17, 15) is 8.42 Å². The van der Waals surface area contributed by atoms with Gasteiger partial charge in [0.25, 0.3) is 0 Å². The number of nitrogens with one attached hydrogen (secondary N) is 2. The van der Waals surface area contributed by atoms with Crippen LogP contribution in [0.4, 0.5) is 11.4 Å². The summed E-state index contributed by atoms with van der Waals surface area (Å²) < 4.78 is 25.9. The van der Waals surface area contributed by atoms with Gasteiger partial charge in [0, 0.05) is 11.7 Å². The first-order valence-electron chi connectivity index (χ1n) is 7.54. The van der Waals surface area contributed by atoms with Crippen molar-refractivity contribution in [3.63, 3.8) is 0 Å². The molecule has 1 aromatic rings. The van der Waals surface area contributed by atoms with Crippen molar-refractivity contribution < 1.29 is 8.42 Å². The summed E-state index contributed by atoms with van der Waals surface area (Å²) in [6, 6.07) is 5.42. The van der Waals surface area contributed by atoms with Crippen molar-refractivity contribution in [2.45, 2.75) is 56.9 Å². The lowest BCUT2D eigenvalue weighted by Gasteiger charge is -2.20. The van der Waals surface area contributed by atoms with Crippen LogP contribution in [-0.2, 0) is 10.0 Å². The maximum atomic E-state index is 11.8. The van der Waals surface area contributed by atoms with Crippen LogP contribution in [-0.4, -0.2) is 21.5 Å². The van der Waals surface area contributed by atoms with E-state index in [1.807, 2.05) is 0 Å². The number of anilines is 2. The molecule has 0 aliphatic rings. The lowest BCUT2D eigenvalue weighted by molar-refractivity contribution is 0.564. The van der Waals surface area contributed by atoms with Gasteiger partial charge in [0.2, 0.25) is 10.0 Å². The molecule has 1 unspecified atom stereocenters. The fraction of sp³-hybridized carbons (Fsp3) is 0.600. The number of unbranched alkanes of at least 4 members (excludes halogenated alkanes) is 1. The van der Waals surface area contributed by atoms with Crippen LogP contribution in [0.5, 0.6) is 0 Å². The minimum atomic E-state index is -3.50. The quantitative estimate of drug-likeness (QED) is 0.612. The fourth-order valence-corrected chi connectivity index (χ4v) is 3.15. The van der Waals surface area contributed by atoms with Crippen molar-refractivity contribution in [1.82, 2.24) is 4.72 Å². The van der Waals surface area contributed by atoms with Gasteiger partial charge in [-0.05, 0) is 38.1 Å². The Morgan fingerprint density at radius 3 is 2.43 bits per heavy atom. The molecular formula is C15H27N3O2S. The number of benzene rings is 1. The summed E-state index contributed by atoms with van der Waals surface area (Å²) in [5.74, 6) is 0. The summed E-state index contributed by atoms with van der Waals surface area (Å²) in [5, 5.41) is 3.46. The van der Waals surface area contributed by atoms with Gasteiger partial charge in [-0.25, -0.2) is 13.1 Å². The molecule has 1 rings (SSSR count). The molecule has 120 valence electrons. The maximum Gasteiger partial charge on any atom is 0.242 e. The topological polar surface area (TPSA) is 84.2 Å². The van der Waals surface area contributed by atoms with Gasteiger partial charge < -0.3 is 11.1 Å². The highest BCUT2D eigenvalue weighted by atomic mass is 32.2. The molecule has 0 radical (unpaired) electrons. The van der Waals surface area contributed by atoms with Crippen molar-refractivity contribution in [2.75, 3.05) is 18.1 Å².